The number of rotatable bonds is 1. The van der Waals surface area contributed by atoms with E-state index in [1.54, 1.807) is 10.8 Å². The van der Waals surface area contributed by atoms with Crippen molar-refractivity contribution in [1.82, 2.24) is 14.5 Å². The zero-order valence-electron chi connectivity index (χ0n) is 19.5. The number of imidazole rings is 1. The average Bonchev–Trinajstić information content (AvgIpc) is 3.11. The van der Waals surface area contributed by atoms with E-state index in [2.05, 4.69) is 50.8 Å². The molecule has 0 aliphatic carbocycles. The van der Waals surface area contributed by atoms with Crippen molar-refractivity contribution >= 4 is 46.4 Å². The van der Waals surface area contributed by atoms with Gasteiger partial charge in [0.2, 0.25) is 5.56 Å². The van der Waals surface area contributed by atoms with E-state index in [4.69, 9.17) is 46.4 Å². The van der Waals surface area contributed by atoms with Gasteiger partial charge in [0.1, 0.15) is 0 Å². The molecule has 2 aromatic heterocycles. The maximum atomic E-state index is 11.1. The van der Waals surface area contributed by atoms with E-state index < -0.39 is 11.2 Å². The van der Waals surface area contributed by atoms with Gasteiger partial charge in [-0.2, -0.15) is 27.8 Å². The third-order valence-corrected chi connectivity index (χ3v) is 4.96. The van der Waals surface area contributed by atoms with Crippen molar-refractivity contribution in [3.63, 3.8) is 0 Å². The molecule has 2 heterocycles. The monoisotopic (exact) mass is 736 g/mol. The summed E-state index contributed by atoms with van der Waals surface area (Å²) in [7, 11) is 1.84. The summed E-state index contributed by atoms with van der Waals surface area (Å²) >= 11 is 19.1. The van der Waals surface area contributed by atoms with E-state index >= 15 is 0 Å². The standard InChI is InChI=1S/C10H15.C9H10N4O2.2CH2Cl2.ClH.Ir/c1-6-7(2)9(4)10(5)8(6)3;1-6-12(2)3-4-13(6)7-5-8(14)11-9(15)10-7;2*2-1-3;;/h1-5H3;3,5H,1-2H3,(H2,10,11,14,15);2*1H2;1H;/q-1;;;;;+3/p-2. The van der Waals surface area contributed by atoms with Crippen LogP contribution in [-0.2, 0) is 27.2 Å². The summed E-state index contributed by atoms with van der Waals surface area (Å²) < 4.78 is 3.37. The molecule has 0 saturated heterocycles. The Morgan fingerprint density at radius 3 is 1.73 bits per heavy atom. The number of H-pyrrole nitrogens is 1. The Morgan fingerprint density at radius 1 is 1.03 bits per heavy atom. The Kier molecular flexibility index (Phi) is 20.8. The minimum absolute atomic E-state index is 0. The molecule has 33 heavy (non-hydrogen) atoms. The van der Waals surface area contributed by atoms with E-state index in [9.17, 15) is 9.59 Å². The number of halogens is 5. The molecule has 1 aromatic carbocycles. The molecule has 0 saturated carbocycles. The van der Waals surface area contributed by atoms with Crippen LogP contribution in [0.15, 0.2) is 21.9 Å². The zero-order chi connectivity index (χ0) is 24.3. The molecule has 1 N–H and O–H groups in total. The van der Waals surface area contributed by atoms with Crippen LogP contribution >= 0.6 is 46.4 Å². The van der Waals surface area contributed by atoms with Gasteiger partial charge in [-0.1, -0.05) is 53.9 Å². The van der Waals surface area contributed by atoms with Crippen molar-refractivity contribution in [3.8, 4) is 5.82 Å². The number of hydrogen-bond acceptors (Lipinski definition) is 2. The SMILES string of the molecule is Cc1c(C)c(C)[c-](C)c1C.Cc1n(C)c[c-][n+]1-c1cc(=O)[nH]c(=O)[n-]1.ClCCl.ClCCl.[Cl-].[Ir+3]. The van der Waals surface area contributed by atoms with Gasteiger partial charge in [0.05, 0.1) is 10.7 Å². The minimum atomic E-state index is -0.651. The number of aromatic amines is 1. The maximum absolute atomic E-state index is 11.1. The van der Waals surface area contributed by atoms with E-state index in [1.807, 2.05) is 18.5 Å². The Labute approximate surface area is 234 Å². The molecule has 3 aromatic rings. The van der Waals surface area contributed by atoms with Crippen LogP contribution in [0.4, 0.5) is 0 Å². The summed E-state index contributed by atoms with van der Waals surface area (Å²) in [5.74, 6) is 1.11. The summed E-state index contributed by atoms with van der Waals surface area (Å²) in [6, 6.07) is 1.25. The fourth-order valence-corrected chi connectivity index (χ4v) is 2.66. The molecule has 0 atom stereocenters. The third-order valence-electron chi connectivity index (χ3n) is 4.96. The van der Waals surface area contributed by atoms with Gasteiger partial charge in [0.15, 0.2) is 0 Å². The van der Waals surface area contributed by atoms with Gasteiger partial charge in [-0.25, -0.2) is 9.78 Å². The van der Waals surface area contributed by atoms with E-state index in [0.29, 0.717) is 0 Å². The van der Waals surface area contributed by atoms with Crippen molar-refractivity contribution in [3.05, 3.63) is 72.9 Å². The topological polar surface area (TPSA) is 72.8 Å². The molecule has 0 aliphatic rings. The van der Waals surface area contributed by atoms with Crippen LogP contribution in [0.5, 0.6) is 0 Å². The van der Waals surface area contributed by atoms with Gasteiger partial charge >= 0.3 is 25.8 Å². The molecular formula is C21H28Cl5IrN4O2. The molecule has 0 amide bonds. The minimum Gasteiger partial charge on any atom is -1.00 e. The van der Waals surface area contributed by atoms with Gasteiger partial charge in [0.25, 0.3) is 0 Å². The first-order chi connectivity index (χ1) is 14.5. The van der Waals surface area contributed by atoms with Gasteiger partial charge in [-0.05, 0) is 18.9 Å². The van der Waals surface area contributed by atoms with Crippen LogP contribution in [0.1, 0.15) is 33.6 Å². The molecule has 188 valence electrons. The van der Waals surface area contributed by atoms with Gasteiger partial charge < -0.3 is 21.5 Å². The summed E-state index contributed by atoms with van der Waals surface area (Å²) in [6.45, 7) is 12.8. The Morgan fingerprint density at radius 2 is 1.45 bits per heavy atom. The van der Waals surface area contributed by atoms with E-state index in [1.165, 1.54) is 33.9 Å². The molecule has 0 radical (unpaired) electrons. The van der Waals surface area contributed by atoms with Crippen molar-refractivity contribution in [2.45, 2.75) is 41.5 Å². The molecule has 3 rings (SSSR count). The number of nitrogens with zero attached hydrogens (tertiary/aromatic N) is 3. The summed E-state index contributed by atoms with van der Waals surface area (Å²) in [5, 5.41) is 0.389. The van der Waals surface area contributed by atoms with Crippen LogP contribution < -0.4 is 33.2 Å². The first-order valence-corrected chi connectivity index (χ1v) is 11.3. The second kappa shape index (κ2) is 18.6. The molecule has 0 bridgehead atoms. The van der Waals surface area contributed by atoms with E-state index in [0.717, 1.165) is 5.82 Å². The molecule has 0 fully saturated rings. The smallest absolute Gasteiger partial charge is 1.00 e. The largest absolute Gasteiger partial charge is 3.00 e. The predicted octanol–water partition coefficient (Wildman–Crippen LogP) is 1.21. The first kappa shape index (κ1) is 36.9. The number of aromatic nitrogens is 4. The van der Waals surface area contributed by atoms with Crippen molar-refractivity contribution in [2.75, 3.05) is 10.7 Å². The number of aryl methyl sites for hydroxylation is 1. The Balaban J connectivity index is -0.000000437. The van der Waals surface area contributed by atoms with Crippen LogP contribution in [0.3, 0.4) is 0 Å². The second-order valence-corrected chi connectivity index (χ2v) is 8.10. The molecule has 0 aliphatic heterocycles. The second-order valence-electron chi connectivity index (χ2n) is 6.49. The molecule has 0 spiro atoms. The van der Waals surface area contributed by atoms with Crippen LogP contribution in [0.25, 0.3) is 5.82 Å². The molecular weight excluding hydrogens is 710 g/mol. The molecule has 12 heteroatoms. The fourth-order valence-electron chi connectivity index (χ4n) is 2.66. The predicted molar refractivity (Wildman–Crippen MR) is 130 cm³/mol. The quantitative estimate of drug-likeness (QED) is 0.232. The normalized spacial score (nSPS) is 9.06. The first-order valence-electron chi connectivity index (χ1n) is 9.14. The summed E-state index contributed by atoms with van der Waals surface area (Å²) in [4.78, 5) is 27.8. The van der Waals surface area contributed by atoms with Crippen LogP contribution in [0, 0.1) is 47.7 Å². The maximum Gasteiger partial charge on any atom is 3.00 e. The average molecular weight is 738 g/mol. The Bertz CT molecular complexity index is 963. The third kappa shape index (κ3) is 11.5. The zero-order valence-corrected chi connectivity index (χ0v) is 25.6. The van der Waals surface area contributed by atoms with Gasteiger partial charge in [-0.3, -0.25) is 9.78 Å². The number of hydrogen-bond donors (Lipinski definition) is 1. The molecule has 6 nitrogen and oxygen atoms in total. The Hall–Kier alpha value is -0.661. The van der Waals surface area contributed by atoms with E-state index in [-0.39, 0.29) is 49.0 Å². The van der Waals surface area contributed by atoms with Crippen molar-refractivity contribution in [2.24, 2.45) is 7.05 Å². The number of nitrogens with one attached hydrogen (secondary N) is 1. The van der Waals surface area contributed by atoms with Crippen LogP contribution in [0.2, 0.25) is 0 Å². The van der Waals surface area contributed by atoms with Crippen molar-refractivity contribution in [1.29, 1.82) is 0 Å². The molecule has 0 unspecified atom stereocenters. The van der Waals surface area contributed by atoms with Gasteiger partial charge in [0, 0.05) is 5.82 Å². The van der Waals surface area contributed by atoms with Crippen LogP contribution in [-0.4, -0.2) is 20.2 Å². The fraction of sp³-hybridized carbons (Fsp3) is 0.429. The number of alkyl halides is 4. The summed E-state index contributed by atoms with van der Waals surface area (Å²) in [6.07, 6.45) is 4.57. The van der Waals surface area contributed by atoms with Crippen molar-refractivity contribution < 1.29 is 37.1 Å². The van der Waals surface area contributed by atoms with Gasteiger partial charge in [-0.15, -0.1) is 46.4 Å². The summed E-state index contributed by atoms with van der Waals surface area (Å²) in [5.41, 5.74) is 6.22.